The highest BCUT2D eigenvalue weighted by atomic mass is 35.5. The van der Waals surface area contributed by atoms with Crippen LogP contribution in [0.25, 0.3) is 0 Å². The molecule has 2 aliphatic heterocycles. The van der Waals surface area contributed by atoms with Crippen LogP contribution in [-0.2, 0) is 53.9 Å². The van der Waals surface area contributed by atoms with Gasteiger partial charge in [-0.15, -0.1) is 0 Å². The third kappa shape index (κ3) is 9.49. The number of anilines is 1. The molecular weight excluding hydrogens is 734 g/mol. The van der Waals surface area contributed by atoms with Crippen molar-refractivity contribution in [3.63, 3.8) is 0 Å². The van der Waals surface area contributed by atoms with E-state index in [9.17, 15) is 22.8 Å². The fourth-order valence-corrected chi connectivity index (χ4v) is 8.75. The molecular formula is C39H50ClN5O8S. The zero-order chi connectivity index (χ0) is 39.1. The van der Waals surface area contributed by atoms with Crippen molar-refractivity contribution in [3.05, 3.63) is 70.5 Å². The summed E-state index contributed by atoms with van der Waals surface area (Å²) in [6.45, 7) is 13.2. The molecule has 1 spiro atoms. The average Bonchev–Trinajstić information content (AvgIpc) is 3.67. The number of carbonyl (C=O) groups is 3. The van der Waals surface area contributed by atoms with Crippen LogP contribution in [-0.4, -0.2) is 85.1 Å². The van der Waals surface area contributed by atoms with Gasteiger partial charge in [0.15, 0.2) is 0 Å². The Kier molecular flexibility index (Phi) is 11.0. The van der Waals surface area contributed by atoms with Crippen LogP contribution in [0.2, 0.25) is 5.02 Å². The number of nitrogens with one attached hydrogen (secondary N) is 1. The SMILES string of the molecule is CC(C)(C)OC(=O)Cn1ccc(CC(=O)NS(=O)(=O)c2ccc3c(c2)N(CC2CCN(C(=O)OC(C)(C)C)C2)C[C@@]2(CCCc4cc(Cl)ccc42)CO3)n1. The van der Waals surface area contributed by atoms with Crippen molar-refractivity contribution in [1.29, 1.82) is 0 Å². The minimum atomic E-state index is -4.31. The Hall–Kier alpha value is -4.30. The molecule has 0 radical (unpaired) electrons. The van der Waals surface area contributed by atoms with Crippen LogP contribution in [0, 0.1) is 5.92 Å². The van der Waals surface area contributed by atoms with Crippen molar-refractivity contribution < 1.29 is 37.0 Å². The monoisotopic (exact) mass is 783 g/mol. The van der Waals surface area contributed by atoms with E-state index in [1.807, 2.05) is 32.9 Å². The summed E-state index contributed by atoms with van der Waals surface area (Å²) in [5.74, 6) is -0.633. The average molecular weight is 784 g/mol. The van der Waals surface area contributed by atoms with E-state index in [0.29, 0.717) is 54.9 Å². The number of nitrogens with zero attached hydrogens (tertiary/aromatic N) is 4. The highest BCUT2D eigenvalue weighted by Gasteiger charge is 2.43. The number of aromatic nitrogens is 2. The molecule has 1 N–H and O–H groups in total. The highest BCUT2D eigenvalue weighted by molar-refractivity contribution is 7.90. The van der Waals surface area contributed by atoms with Crippen molar-refractivity contribution in [1.82, 2.24) is 19.4 Å². The molecule has 1 fully saturated rings. The van der Waals surface area contributed by atoms with E-state index in [2.05, 4.69) is 20.8 Å². The van der Waals surface area contributed by atoms with Gasteiger partial charge in [0.25, 0.3) is 10.0 Å². The lowest BCUT2D eigenvalue weighted by molar-refractivity contribution is -0.155. The standard InChI is InChI=1S/C39H50ClN5O8S/c1-37(2,3)52-35(47)23-45-17-14-29(41-45)19-34(46)42-54(49,50)30-10-12-33-32(20-30)44(22-26-13-16-43(21-26)36(48)53-38(4,5)6)24-39(25-51-33)15-7-8-27-18-28(40)9-11-31(27)39/h9-12,14,17-18,20,26H,7-8,13,15-16,19,21-25H2,1-6H3,(H,42,46)/t26?,39-/m0/s1. The van der Waals surface area contributed by atoms with Crippen molar-refractivity contribution in [2.45, 2.75) is 102 Å². The fourth-order valence-electron chi connectivity index (χ4n) is 7.55. The first-order valence-electron chi connectivity index (χ1n) is 18.4. The highest BCUT2D eigenvalue weighted by Crippen LogP contribution is 2.45. The molecule has 1 unspecified atom stereocenters. The summed E-state index contributed by atoms with van der Waals surface area (Å²) in [5.41, 5.74) is 1.59. The largest absolute Gasteiger partial charge is 0.490 e. The van der Waals surface area contributed by atoms with Gasteiger partial charge < -0.3 is 24.0 Å². The summed E-state index contributed by atoms with van der Waals surface area (Å²) in [4.78, 5) is 42.0. The summed E-state index contributed by atoms with van der Waals surface area (Å²) >= 11 is 6.42. The van der Waals surface area contributed by atoms with Gasteiger partial charge in [0.2, 0.25) is 5.91 Å². The Labute approximate surface area is 322 Å². The lowest BCUT2D eigenvalue weighted by Crippen LogP contribution is -2.47. The van der Waals surface area contributed by atoms with E-state index in [0.717, 1.165) is 25.7 Å². The number of likely N-dealkylation sites (tertiary alicyclic amines) is 1. The van der Waals surface area contributed by atoms with Crippen LogP contribution in [0.15, 0.2) is 53.6 Å². The lowest BCUT2D eigenvalue weighted by atomic mass is 9.70. The molecule has 13 nitrogen and oxygen atoms in total. The topological polar surface area (TPSA) is 149 Å². The van der Waals surface area contributed by atoms with Gasteiger partial charge in [-0.2, -0.15) is 5.10 Å². The number of rotatable bonds is 8. The minimum absolute atomic E-state index is 0.0869. The first-order chi connectivity index (χ1) is 25.3. The molecule has 0 saturated carbocycles. The van der Waals surface area contributed by atoms with Gasteiger partial charge in [0.05, 0.1) is 29.3 Å². The molecule has 54 heavy (non-hydrogen) atoms. The molecule has 292 valence electrons. The number of hydrogen-bond donors (Lipinski definition) is 1. The summed E-state index contributed by atoms with van der Waals surface area (Å²) in [5, 5.41) is 4.92. The lowest BCUT2D eigenvalue weighted by Gasteiger charge is -2.41. The fraction of sp³-hybridized carbons (Fsp3) is 0.538. The van der Waals surface area contributed by atoms with Crippen molar-refractivity contribution >= 4 is 45.3 Å². The summed E-state index contributed by atoms with van der Waals surface area (Å²) in [6.07, 6.45) is 4.35. The maximum absolute atomic E-state index is 13.7. The number of amides is 2. The second-order valence-corrected chi connectivity index (χ2v) is 18.7. The Bertz CT molecular complexity index is 2020. The zero-order valence-corrected chi connectivity index (χ0v) is 33.4. The van der Waals surface area contributed by atoms with Gasteiger partial charge >= 0.3 is 12.1 Å². The van der Waals surface area contributed by atoms with E-state index in [-0.39, 0.29) is 35.3 Å². The van der Waals surface area contributed by atoms with Gasteiger partial charge in [-0.25, -0.2) is 17.9 Å². The number of fused-ring (bicyclic) bond motifs is 3. The summed E-state index contributed by atoms with van der Waals surface area (Å²) < 4.78 is 48.5. The molecule has 15 heteroatoms. The van der Waals surface area contributed by atoms with Crippen molar-refractivity contribution in [2.75, 3.05) is 37.7 Å². The second-order valence-electron chi connectivity index (χ2n) is 16.6. The normalized spacial score (nSPS) is 20.1. The van der Waals surface area contributed by atoms with Crippen molar-refractivity contribution in [2.24, 2.45) is 5.92 Å². The van der Waals surface area contributed by atoms with Gasteiger partial charge in [-0.05, 0) is 121 Å². The molecule has 1 aromatic heterocycles. The first kappa shape index (κ1) is 39.4. The van der Waals surface area contributed by atoms with Crippen LogP contribution in [0.4, 0.5) is 10.5 Å². The van der Waals surface area contributed by atoms with Gasteiger partial charge in [-0.1, -0.05) is 17.7 Å². The van der Waals surface area contributed by atoms with Crippen LogP contribution >= 0.6 is 11.6 Å². The van der Waals surface area contributed by atoms with Gasteiger partial charge in [0.1, 0.15) is 23.5 Å². The number of esters is 1. The van der Waals surface area contributed by atoms with Crippen LogP contribution < -0.4 is 14.4 Å². The molecule has 1 aliphatic carbocycles. The predicted molar refractivity (Wildman–Crippen MR) is 203 cm³/mol. The van der Waals surface area contributed by atoms with Crippen LogP contribution in [0.5, 0.6) is 5.75 Å². The number of carbonyl (C=O) groups excluding carboxylic acids is 3. The molecule has 3 heterocycles. The molecule has 2 amide bonds. The first-order valence-corrected chi connectivity index (χ1v) is 20.2. The maximum Gasteiger partial charge on any atom is 0.410 e. The van der Waals surface area contributed by atoms with Gasteiger partial charge in [0, 0.05) is 42.8 Å². The molecule has 1 saturated heterocycles. The number of benzene rings is 2. The predicted octanol–water partition coefficient (Wildman–Crippen LogP) is 5.66. The number of hydrogen-bond acceptors (Lipinski definition) is 10. The zero-order valence-electron chi connectivity index (χ0n) is 31.8. The maximum atomic E-state index is 13.7. The van der Waals surface area contributed by atoms with Gasteiger partial charge in [-0.3, -0.25) is 14.3 Å². The molecule has 3 aliphatic rings. The van der Waals surface area contributed by atoms with E-state index in [1.165, 1.54) is 28.1 Å². The number of aryl methyl sites for hydroxylation is 1. The summed E-state index contributed by atoms with van der Waals surface area (Å²) in [7, 11) is -4.31. The number of ether oxygens (including phenoxy) is 3. The Balaban J connectivity index is 1.23. The van der Waals surface area contributed by atoms with Crippen LogP contribution in [0.1, 0.15) is 77.6 Å². The molecule has 6 rings (SSSR count). The van der Waals surface area contributed by atoms with E-state index in [4.69, 9.17) is 25.8 Å². The molecule has 2 atom stereocenters. The quantitative estimate of drug-likeness (QED) is 0.284. The molecule has 2 aromatic carbocycles. The summed E-state index contributed by atoms with van der Waals surface area (Å²) in [6, 6.07) is 12.2. The van der Waals surface area contributed by atoms with Crippen LogP contribution in [0.3, 0.4) is 0 Å². The second kappa shape index (κ2) is 15.1. The van der Waals surface area contributed by atoms with Crippen molar-refractivity contribution in [3.8, 4) is 5.75 Å². The smallest absolute Gasteiger partial charge is 0.410 e. The van der Waals surface area contributed by atoms with E-state index >= 15 is 0 Å². The third-order valence-electron chi connectivity index (χ3n) is 9.73. The molecule has 0 bridgehead atoms. The van der Waals surface area contributed by atoms with E-state index in [1.54, 1.807) is 43.9 Å². The third-order valence-corrected chi connectivity index (χ3v) is 11.3. The minimum Gasteiger partial charge on any atom is -0.490 e. The van der Waals surface area contributed by atoms with E-state index < -0.39 is 33.1 Å². The number of halogens is 1. The Morgan fingerprint density at radius 2 is 1.80 bits per heavy atom. The molecule has 3 aromatic rings. The Morgan fingerprint density at radius 1 is 1.04 bits per heavy atom. The Morgan fingerprint density at radius 3 is 2.54 bits per heavy atom. The number of sulfonamides is 1.